The third kappa shape index (κ3) is 4.75. The quantitative estimate of drug-likeness (QED) is 0.442. The summed E-state index contributed by atoms with van der Waals surface area (Å²) in [6, 6.07) is 24.3. The molecular formula is C22H19ClN2O3. The molecule has 0 aliphatic heterocycles. The zero-order valence-electron chi connectivity index (χ0n) is 15.0. The average Bonchev–Trinajstić information content (AvgIpc) is 2.72. The van der Waals surface area contributed by atoms with Gasteiger partial charge in [0.25, 0.3) is 11.6 Å². The largest absolute Gasteiger partial charge is 0.352 e. The number of nitrogens with one attached hydrogen (secondary N) is 1. The summed E-state index contributed by atoms with van der Waals surface area (Å²) in [5.41, 5.74) is 2.28. The van der Waals surface area contributed by atoms with Gasteiger partial charge in [0.2, 0.25) is 0 Å². The molecule has 28 heavy (non-hydrogen) atoms. The maximum Gasteiger partial charge on any atom is 0.288 e. The molecule has 142 valence electrons. The molecule has 0 aromatic heterocycles. The Morgan fingerprint density at radius 2 is 1.54 bits per heavy atom. The van der Waals surface area contributed by atoms with Crippen LogP contribution in [0.4, 0.5) is 5.69 Å². The highest BCUT2D eigenvalue weighted by molar-refractivity contribution is 6.32. The van der Waals surface area contributed by atoms with Crippen LogP contribution in [0, 0.1) is 10.1 Å². The lowest BCUT2D eigenvalue weighted by Gasteiger charge is -2.18. The van der Waals surface area contributed by atoms with Crippen molar-refractivity contribution in [3.05, 3.63) is 111 Å². The summed E-state index contributed by atoms with van der Waals surface area (Å²) in [5.74, 6) is -0.220. The highest BCUT2D eigenvalue weighted by Gasteiger charge is 2.17. The Morgan fingerprint density at radius 3 is 2.07 bits per heavy atom. The lowest BCUT2D eigenvalue weighted by molar-refractivity contribution is -0.384. The molecule has 0 atom stereocenters. The summed E-state index contributed by atoms with van der Waals surface area (Å²) in [5, 5.41) is 13.9. The van der Waals surface area contributed by atoms with E-state index in [0.29, 0.717) is 13.0 Å². The van der Waals surface area contributed by atoms with Gasteiger partial charge in [-0.3, -0.25) is 14.9 Å². The molecule has 0 aliphatic rings. The Hall–Kier alpha value is -3.18. The molecule has 0 bridgehead atoms. The minimum absolute atomic E-state index is 0.00905. The van der Waals surface area contributed by atoms with Gasteiger partial charge >= 0.3 is 0 Å². The predicted octanol–water partition coefficient (Wildman–Crippen LogP) is 5.20. The maximum absolute atomic E-state index is 12.4. The maximum atomic E-state index is 12.4. The fourth-order valence-electron chi connectivity index (χ4n) is 3.12. The first-order valence-electron chi connectivity index (χ1n) is 8.88. The Labute approximate surface area is 168 Å². The van der Waals surface area contributed by atoms with Gasteiger partial charge in [-0.25, -0.2) is 0 Å². The number of carbonyl (C=O) groups is 1. The SMILES string of the molecule is O=C(NCCC(c1ccccc1)c1ccccc1)c1ccc(Cl)c([N+](=O)[O-])c1. The predicted molar refractivity (Wildman–Crippen MR) is 110 cm³/mol. The fourth-order valence-corrected chi connectivity index (χ4v) is 3.31. The lowest BCUT2D eigenvalue weighted by atomic mass is 9.88. The molecule has 3 aromatic carbocycles. The number of hydrogen-bond donors (Lipinski definition) is 1. The minimum atomic E-state index is -0.597. The zero-order valence-corrected chi connectivity index (χ0v) is 15.8. The Balaban J connectivity index is 1.70. The van der Waals surface area contributed by atoms with Crippen LogP contribution in [0.3, 0.4) is 0 Å². The number of amides is 1. The van der Waals surface area contributed by atoms with E-state index in [1.54, 1.807) is 0 Å². The Morgan fingerprint density at radius 1 is 0.964 bits per heavy atom. The van der Waals surface area contributed by atoms with E-state index in [4.69, 9.17) is 11.6 Å². The van der Waals surface area contributed by atoms with Crippen molar-refractivity contribution >= 4 is 23.2 Å². The van der Waals surface area contributed by atoms with Gasteiger partial charge in [0.15, 0.2) is 0 Å². The van der Waals surface area contributed by atoms with E-state index >= 15 is 0 Å². The summed E-state index contributed by atoms with van der Waals surface area (Å²) in [6.45, 7) is 0.434. The molecular weight excluding hydrogens is 376 g/mol. The van der Waals surface area contributed by atoms with E-state index in [2.05, 4.69) is 29.6 Å². The molecule has 5 nitrogen and oxygen atoms in total. The molecule has 0 saturated heterocycles. The lowest BCUT2D eigenvalue weighted by Crippen LogP contribution is -2.26. The Kier molecular flexibility index (Phi) is 6.40. The first-order valence-corrected chi connectivity index (χ1v) is 9.26. The molecule has 1 amide bonds. The molecule has 0 aliphatic carbocycles. The molecule has 0 radical (unpaired) electrons. The fraction of sp³-hybridized carbons (Fsp3) is 0.136. The molecule has 0 fully saturated rings. The van der Waals surface area contributed by atoms with Crippen LogP contribution in [0.25, 0.3) is 0 Å². The molecule has 1 N–H and O–H groups in total. The topological polar surface area (TPSA) is 72.2 Å². The third-order valence-corrected chi connectivity index (χ3v) is 4.85. The molecule has 0 heterocycles. The summed E-state index contributed by atoms with van der Waals surface area (Å²) >= 11 is 5.80. The Bertz CT molecular complexity index is 923. The molecule has 0 spiro atoms. The number of carbonyl (C=O) groups excluding carboxylic acids is 1. The van der Waals surface area contributed by atoms with Crippen LogP contribution < -0.4 is 5.32 Å². The first-order chi connectivity index (χ1) is 13.6. The van der Waals surface area contributed by atoms with Gasteiger partial charge < -0.3 is 5.32 Å². The highest BCUT2D eigenvalue weighted by atomic mass is 35.5. The van der Waals surface area contributed by atoms with E-state index in [-0.39, 0.29) is 28.1 Å². The second-order valence-electron chi connectivity index (χ2n) is 6.34. The van der Waals surface area contributed by atoms with Crippen LogP contribution in [0.2, 0.25) is 5.02 Å². The monoisotopic (exact) mass is 394 g/mol. The van der Waals surface area contributed by atoms with E-state index in [9.17, 15) is 14.9 Å². The molecule has 3 rings (SSSR count). The van der Waals surface area contributed by atoms with Crippen molar-refractivity contribution in [3.8, 4) is 0 Å². The normalized spacial score (nSPS) is 10.6. The number of hydrogen-bond acceptors (Lipinski definition) is 3. The van der Waals surface area contributed by atoms with Gasteiger partial charge in [-0.15, -0.1) is 0 Å². The van der Waals surface area contributed by atoms with Gasteiger partial charge in [-0.1, -0.05) is 72.3 Å². The number of benzene rings is 3. The molecule has 3 aromatic rings. The summed E-state index contributed by atoms with van der Waals surface area (Å²) in [4.78, 5) is 22.8. The van der Waals surface area contributed by atoms with Crippen LogP contribution in [-0.4, -0.2) is 17.4 Å². The molecule has 0 unspecified atom stereocenters. The summed E-state index contributed by atoms with van der Waals surface area (Å²) in [7, 11) is 0. The average molecular weight is 395 g/mol. The highest BCUT2D eigenvalue weighted by Crippen LogP contribution is 2.28. The zero-order chi connectivity index (χ0) is 19.9. The van der Waals surface area contributed by atoms with E-state index in [0.717, 1.165) is 0 Å². The minimum Gasteiger partial charge on any atom is -0.352 e. The number of rotatable bonds is 7. The summed E-state index contributed by atoms with van der Waals surface area (Å²) in [6.07, 6.45) is 0.704. The second kappa shape index (κ2) is 9.15. The second-order valence-corrected chi connectivity index (χ2v) is 6.75. The number of nitro benzene ring substituents is 1. The van der Waals surface area contributed by atoms with Gasteiger partial charge in [0.1, 0.15) is 5.02 Å². The standard InChI is InChI=1S/C22H19ClN2O3/c23-20-12-11-18(15-21(20)25(27)28)22(26)24-14-13-19(16-7-3-1-4-8-16)17-9-5-2-6-10-17/h1-12,15,19H,13-14H2,(H,24,26). The van der Waals surface area contributed by atoms with Crippen molar-refractivity contribution in [2.45, 2.75) is 12.3 Å². The first kappa shape index (κ1) is 19.6. The van der Waals surface area contributed by atoms with E-state index in [1.807, 2.05) is 36.4 Å². The smallest absolute Gasteiger partial charge is 0.288 e. The third-order valence-electron chi connectivity index (χ3n) is 4.53. The van der Waals surface area contributed by atoms with Crippen molar-refractivity contribution in [1.82, 2.24) is 5.32 Å². The van der Waals surface area contributed by atoms with Crippen molar-refractivity contribution in [3.63, 3.8) is 0 Å². The number of nitro groups is 1. The van der Waals surface area contributed by atoms with Crippen molar-refractivity contribution in [2.24, 2.45) is 0 Å². The molecule has 0 saturated carbocycles. The van der Waals surface area contributed by atoms with Gasteiger partial charge in [0, 0.05) is 24.1 Å². The van der Waals surface area contributed by atoms with Crippen molar-refractivity contribution in [2.75, 3.05) is 6.54 Å². The van der Waals surface area contributed by atoms with Gasteiger partial charge in [-0.2, -0.15) is 0 Å². The van der Waals surface area contributed by atoms with Crippen molar-refractivity contribution < 1.29 is 9.72 Å². The van der Waals surface area contributed by atoms with Crippen LogP contribution in [0.5, 0.6) is 0 Å². The van der Waals surface area contributed by atoms with Crippen LogP contribution in [-0.2, 0) is 0 Å². The number of nitrogens with zero attached hydrogens (tertiary/aromatic N) is 1. The van der Waals surface area contributed by atoms with E-state index in [1.165, 1.54) is 29.3 Å². The number of halogens is 1. The summed E-state index contributed by atoms with van der Waals surface area (Å²) < 4.78 is 0. The van der Waals surface area contributed by atoms with Gasteiger partial charge in [0.05, 0.1) is 4.92 Å². The van der Waals surface area contributed by atoms with E-state index < -0.39 is 4.92 Å². The van der Waals surface area contributed by atoms with Crippen LogP contribution >= 0.6 is 11.6 Å². The molecule has 6 heteroatoms. The van der Waals surface area contributed by atoms with Crippen molar-refractivity contribution in [1.29, 1.82) is 0 Å². The van der Waals surface area contributed by atoms with Gasteiger partial charge in [-0.05, 0) is 29.7 Å². The van der Waals surface area contributed by atoms with Crippen LogP contribution in [0.1, 0.15) is 33.8 Å². The van der Waals surface area contributed by atoms with Crippen LogP contribution in [0.15, 0.2) is 78.9 Å².